The fourth-order valence-corrected chi connectivity index (χ4v) is 2.51. The first kappa shape index (κ1) is 19.5. The van der Waals surface area contributed by atoms with Gasteiger partial charge in [0.05, 0.1) is 26.9 Å². The zero-order valence-electron chi connectivity index (χ0n) is 15.7. The van der Waals surface area contributed by atoms with Crippen LogP contribution in [0.4, 0.5) is 0 Å². The SMILES string of the molecule is CCOc1cc(/C=C/c2ccc(OC)c(O)c2)cc(OCC)c1OCC. The fourth-order valence-electron chi connectivity index (χ4n) is 2.51. The van der Waals surface area contributed by atoms with Crippen molar-refractivity contribution >= 4 is 12.2 Å². The van der Waals surface area contributed by atoms with Crippen molar-refractivity contribution in [1.82, 2.24) is 0 Å². The van der Waals surface area contributed by atoms with Gasteiger partial charge in [-0.05, 0) is 56.2 Å². The van der Waals surface area contributed by atoms with E-state index in [1.165, 1.54) is 7.11 Å². The third-order valence-electron chi connectivity index (χ3n) is 3.60. The molecule has 1 N–H and O–H groups in total. The maximum atomic E-state index is 9.90. The van der Waals surface area contributed by atoms with Crippen LogP contribution >= 0.6 is 0 Å². The highest BCUT2D eigenvalue weighted by molar-refractivity contribution is 5.73. The lowest BCUT2D eigenvalue weighted by Gasteiger charge is -2.16. The number of phenols is 1. The third-order valence-corrected chi connectivity index (χ3v) is 3.60. The van der Waals surface area contributed by atoms with Gasteiger partial charge in [0.15, 0.2) is 23.0 Å². The lowest BCUT2D eigenvalue weighted by molar-refractivity contribution is 0.260. The van der Waals surface area contributed by atoms with Gasteiger partial charge in [-0.25, -0.2) is 0 Å². The van der Waals surface area contributed by atoms with Gasteiger partial charge >= 0.3 is 0 Å². The summed E-state index contributed by atoms with van der Waals surface area (Å²) in [4.78, 5) is 0. The molecule has 5 nitrogen and oxygen atoms in total. The zero-order chi connectivity index (χ0) is 18.9. The number of methoxy groups -OCH3 is 1. The second-order valence-electron chi connectivity index (χ2n) is 5.41. The normalized spacial score (nSPS) is 10.8. The summed E-state index contributed by atoms with van der Waals surface area (Å²) in [5.74, 6) is 2.47. The molecule has 0 amide bonds. The van der Waals surface area contributed by atoms with Gasteiger partial charge in [-0.2, -0.15) is 0 Å². The largest absolute Gasteiger partial charge is 0.504 e. The Kier molecular flexibility index (Phi) is 7.21. The van der Waals surface area contributed by atoms with E-state index in [0.717, 1.165) is 11.1 Å². The van der Waals surface area contributed by atoms with Crippen LogP contribution in [0.15, 0.2) is 30.3 Å². The van der Waals surface area contributed by atoms with E-state index in [9.17, 15) is 5.11 Å². The number of rotatable bonds is 9. The van der Waals surface area contributed by atoms with Crippen molar-refractivity contribution in [3.8, 4) is 28.7 Å². The van der Waals surface area contributed by atoms with Crippen molar-refractivity contribution in [2.45, 2.75) is 20.8 Å². The summed E-state index contributed by atoms with van der Waals surface area (Å²) in [6.07, 6.45) is 3.84. The van der Waals surface area contributed by atoms with E-state index in [4.69, 9.17) is 18.9 Å². The average molecular weight is 358 g/mol. The molecule has 0 unspecified atom stereocenters. The minimum Gasteiger partial charge on any atom is -0.504 e. The Morgan fingerprint density at radius 1 is 0.769 bits per heavy atom. The molecule has 0 fully saturated rings. The van der Waals surface area contributed by atoms with Gasteiger partial charge in [0.1, 0.15) is 0 Å². The molecular formula is C21H26O5. The van der Waals surface area contributed by atoms with Crippen molar-refractivity contribution in [2.75, 3.05) is 26.9 Å². The summed E-state index contributed by atoms with van der Waals surface area (Å²) in [7, 11) is 1.52. The van der Waals surface area contributed by atoms with E-state index in [0.29, 0.717) is 42.8 Å². The quantitative estimate of drug-likeness (QED) is 0.655. The van der Waals surface area contributed by atoms with Gasteiger partial charge in [0, 0.05) is 0 Å². The van der Waals surface area contributed by atoms with E-state index < -0.39 is 0 Å². The number of phenolic OH excluding ortho intramolecular Hbond substituents is 1. The Balaban J connectivity index is 2.37. The Hall–Kier alpha value is -2.82. The maximum Gasteiger partial charge on any atom is 0.203 e. The highest BCUT2D eigenvalue weighted by Gasteiger charge is 2.14. The zero-order valence-corrected chi connectivity index (χ0v) is 15.7. The molecule has 5 heteroatoms. The Morgan fingerprint density at radius 2 is 1.35 bits per heavy atom. The first-order valence-corrected chi connectivity index (χ1v) is 8.74. The molecule has 0 bridgehead atoms. The molecule has 0 heterocycles. The second kappa shape index (κ2) is 9.61. The molecule has 0 atom stereocenters. The van der Waals surface area contributed by atoms with Crippen LogP contribution in [0.2, 0.25) is 0 Å². The molecule has 0 aliphatic carbocycles. The molecule has 2 rings (SSSR count). The summed E-state index contributed by atoms with van der Waals surface area (Å²) >= 11 is 0. The van der Waals surface area contributed by atoms with Gasteiger partial charge in [-0.15, -0.1) is 0 Å². The number of ether oxygens (including phenoxy) is 4. The lowest BCUT2D eigenvalue weighted by atomic mass is 10.1. The minimum absolute atomic E-state index is 0.103. The fraction of sp³-hybridized carbons (Fsp3) is 0.333. The maximum absolute atomic E-state index is 9.90. The molecule has 0 saturated carbocycles. The molecule has 140 valence electrons. The molecule has 0 aromatic heterocycles. The van der Waals surface area contributed by atoms with Crippen molar-refractivity contribution in [3.63, 3.8) is 0 Å². The van der Waals surface area contributed by atoms with Crippen LogP contribution in [0.3, 0.4) is 0 Å². The third kappa shape index (κ3) is 4.85. The van der Waals surface area contributed by atoms with Crippen molar-refractivity contribution < 1.29 is 24.1 Å². The molecule has 0 saturated heterocycles. The summed E-state index contributed by atoms with van der Waals surface area (Å²) in [6.45, 7) is 7.38. The highest BCUT2D eigenvalue weighted by Crippen LogP contribution is 2.39. The Bertz CT molecular complexity index is 725. The van der Waals surface area contributed by atoms with E-state index in [1.54, 1.807) is 12.1 Å². The van der Waals surface area contributed by atoms with Crippen molar-refractivity contribution in [1.29, 1.82) is 0 Å². The Labute approximate surface area is 154 Å². The van der Waals surface area contributed by atoms with Crippen LogP contribution < -0.4 is 18.9 Å². The van der Waals surface area contributed by atoms with Gasteiger partial charge in [-0.3, -0.25) is 0 Å². The average Bonchev–Trinajstić information content (AvgIpc) is 2.63. The summed E-state index contributed by atoms with van der Waals surface area (Å²) in [5.41, 5.74) is 1.77. The van der Waals surface area contributed by atoms with E-state index >= 15 is 0 Å². The van der Waals surface area contributed by atoms with E-state index in [2.05, 4.69) is 0 Å². The van der Waals surface area contributed by atoms with Gasteiger partial charge in [0.2, 0.25) is 5.75 Å². The molecule has 0 radical (unpaired) electrons. The number of hydrogen-bond acceptors (Lipinski definition) is 5. The van der Waals surface area contributed by atoms with Crippen LogP contribution in [0.5, 0.6) is 28.7 Å². The monoisotopic (exact) mass is 358 g/mol. The van der Waals surface area contributed by atoms with Gasteiger partial charge < -0.3 is 24.1 Å². The molecule has 0 aliphatic rings. The lowest BCUT2D eigenvalue weighted by Crippen LogP contribution is -2.02. The van der Waals surface area contributed by atoms with Gasteiger partial charge in [-0.1, -0.05) is 18.2 Å². The smallest absolute Gasteiger partial charge is 0.203 e. The second-order valence-corrected chi connectivity index (χ2v) is 5.41. The minimum atomic E-state index is 0.103. The number of benzene rings is 2. The number of aromatic hydroxyl groups is 1. The molecule has 0 aliphatic heterocycles. The molecule has 26 heavy (non-hydrogen) atoms. The molecule has 2 aromatic carbocycles. The summed E-state index contributed by atoms with van der Waals surface area (Å²) in [5, 5.41) is 9.90. The standard InChI is InChI=1S/C21H26O5/c1-5-24-19-13-16(14-20(25-6-2)21(19)26-7-3)9-8-15-10-11-18(23-4)17(22)12-15/h8-14,22H,5-7H2,1-4H3/b9-8+. The van der Waals surface area contributed by atoms with Crippen LogP contribution in [-0.4, -0.2) is 32.0 Å². The van der Waals surface area contributed by atoms with Crippen LogP contribution in [-0.2, 0) is 0 Å². The predicted molar refractivity (Wildman–Crippen MR) is 104 cm³/mol. The molecule has 2 aromatic rings. The van der Waals surface area contributed by atoms with Crippen LogP contribution in [0, 0.1) is 0 Å². The Morgan fingerprint density at radius 3 is 1.85 bits per heavy atom. The van der Waals surface area contributed by atoms with Crippen molar-refractivity contribution in [2.24, 2.45) is 0 Å². The first-order chi connectivity index (χ1) is 12.6. The first-order valence-electron chi connectivity index (χ1n) is 8.74. The van der Waals surface area contributed by atoms with Crippen molar-refractivity contribution in [3.05, 3.63) is 41.5 Å². The summed E-state index contributed by atoms with van der Waals surface area (Å²) < 4.78 is 22.2. The van der Waals surface area contributed by atoms with E-state index in [-0.39, 0.29) is 5.75 Å². The number of hydrogen-bond donors (Lipinski definition) is 1. The van der Waals surface area contributed by atoms with Crippen LogP contribution in [0.1, 0.15) is 31.9 Å². The summed E-state index contributed by atoms with van der Waals surface area (Å²) in [6, 6.07) is 9.07. The molecule has 0 spiro atoms. The predicted octanol–water partition coefficient (Wildman–Crippen LogP) is 4.77. The molecular weight excluding hydrogens is 332 g/mol. The van der Waals surface area contributed by atoms with Gasteiger partial charge in [0.25, 0.3) is 0 Å². The van der Waals surface area contributed by atoms with Crippen LogP contribution in [0.25, 0.3) is 12.2 Å². The van der Waals surface area contributed by atoms with E-state index in [1.807, 2.05) is 51.1 Å². The topological polar surface area (TPSA) is 57.2 Å². The highest BCUT2D eigenvalue weighted by atomic mass is 16.5.